The number of halogens is 2. The third-order valence-corrected chi connectivity index (χ3v) is 9.91. The van der Waals surface area contributed by atoms with E-state index in [1.165, 1.54) is 4.90 Å². The van der Waals surface area contributed by atoms with E-state index in [9.17, 15) is 18.0 Å². The number of benzene rings is 3. The van der Waals surface area contributed by atoms with Gasteiger partial charge in [-0.2, -0.15) is 0 Å². The Balaban J connectivity index is 1.72. The molecule has 0 aromatic heterocycles. The minimum atomic E-state index is -3.81. The molecule has 1 saturated carbocycles. The van der Waals surface area contributed by atoms with Crippen molar-refractivity contribution in [1.29, 1.82) is 0 Å². The number of amides is 2. The number of anilines is 1. The van der Waals surface area contributed by atoms with Gasteiger partial charge in [0.15, 0.2) is 0 Å². The Morgan fingerprint density at radius 1 is 0.951 bits per heavy atom. The second-order valence-electron chi connectivity index (χ2n) is 10.5. The van der Waals surface area contributed by atoms with Gasteiger partial charge in [0.05, 0.1) is 11.9 Å². The normalized spacial score (nSPS) is 14.4. The van der Waals surface area contributed by atoms with Crippen LogP contribution in [0.5, 0.6) is 0 Å². The standard InChI is InChI=1S/C31H35Br2N3O4S/c1-22-18-27(16-17-28(22)33)36(41(2,39)40)21-30(37)35(20-24-12-14-25(32)15-13-24)29(19-23-8-4-3-5-9-23)31(38)34-26-10-6-7-11-26/h3-5,8-9,12-18,26,29H,6-7,10-11,19-21H2,1-2H3,(H,34,38). The molecule has 0 aliphatic heterocycles. The van der Waals surface area contributed by atoms with Gasteiger partial charge in [0.25, 0.3) is 0 Å². The van der Waals surface area contributed by atoms with Crippen LogP contribution in [0, 0.1) is 6.92 Å². The summed E-state index contributed by atoms with van der Waals surface area (Å²) in [6, 6.07) is 21.6. The highest BCUT2D eigenvalue weighted by atomic mass is 79.9. The predicted molar refractivity (Wildman–Crippen MR) is 170 cm³/mol. The maximum Gasteiger partial charge on any atom is 0.244 e. The highest BCUT2D eigenvalue weighted by Gasteiger charge is 2.34. The lowest BCUT2D eigenvalue weighted by Crippen LogP contribution is -2.54. The quantitative estimate of drug-likeness (QED) is 0.266. The predicted octanol–water partition coefficient (Wildman–Crippen LogP) is 5.98. The van der Waals surface area contributed by atoms with Gasteiger partial charge in [-0.15, -0.1) is 0 Å². The Kier molecular flexibility index (Phi) is 10.7. The van der Waals surface area contributed by atoms with Crippen molar-refractivity contribution in [1.82, 2.24) is 10.2 Å². The van der Waals surface area contributed by atoms with Crippen molar-refractivity contribution >= 4 is 59.4 Å². The van der Waals surface area contributed by atoms with Gasteiger partial charge in [0.1, 0.15) is 12.6 Å². The number of hydrogen-bond donors (Lipinski definition) is 1. The number of sulfonamides is 1. The molecule has 1 aliphatic carbocycles. The molecule has 0 radical (unpaired) electrons. The molecule has 3 aromatic carbocycles. The number of hydrogen-bond acceptors (Lipinski definition) is 4. The molecular formula is C31H35Br2N3O4S. The van der Waals surface area contributed by atoms with E-state index in [1.807, 2.05) is 61.5 Å². The van der Waals surface area contributed by atoms with E-state index in [2.05, 4.69) is 37.2 Å². The van der Waals surface area contributed by atoms with E-state index in [1.54, 1.807) is 18.2 Å². The van der Waals surface area contributed by atoms with Crippen molar-refractivity contribution < 1.29 is 18.0 Å². The smallest absolute Gasteiger partial charge is 0.244 e. The Bertz CT molecular complexity index is 1460. The first-order chi connectivity index (χ1) is 19.5. The molecule has 1 fully saturated rings. The number of aryl methyl sites for hydroxylation is 1. The number of nitrogens with one attached hydrogen (secondary N) is 1. The molecule has 1 unspecified atom stereocenters. The number of carbonyl (C=O) groups is 2. The molecule has 218 valence electrons. The highest BCUT2D eigenvalue weighted by molar-refractivity contribution is 9.10. The van der Waals surface area contributed by atoms with Crippen LogP contribution in [0.15, 0.2) is 81.7 Å². The molecule has 1 N–H and O–H groups in total. The summed E-state index contributed by atoms with van der Waals surface area (Å²) in [6.45, 7) is 1.58. The number of carbonyl (C=O) groups excluding carboxylic acids is 2. The van der Waals surface area contributed by atoms with Gasteiger partial charge in [-0.05, 0) is 66.8 Å². The zero-order chi connectivity index (χ0) is 29.6. The molecule has 1 atom stereocenters. The summed E-state index contributed by atoms with van der Waals surface area (Å²) < 4.78 is 28.8. The van der Waals surface area contributed by atoms with E-state index >= 15 is 0 Å². The third-order valence-electron chi connectivity index (χ3n) is 7.35. The third kappa shape index (κ3) is 8.66. The molecule has 0 heterocycles. The van der Waals surface area contributed by atoms with Gasteiger partial charge >= 0.3 is 0 Å². The van der Waals surface area contributed by atoms with Crippen LogP contribution in [0.4, 0.5) is 5.69 Å². The van der Waals surface area contributed by atoms with E-state index in [4.69, 9.17) is 0 Å². The van der Waals surface area contributed by atoms with Crippen LogP contribution in [0.3, 0.4) is 0 Å². The van der Waals surface area contributed by atoms with Crippen LogP contribution in [0.2, 0.25) is 0 Å². The van der Waals surface area contributed by atoms with Crippen LogP contribution in [0.25, 0.3) is 0 Å². The fraction of sp³-hybridized carbons (Fsp3) is 0.355. The Labute approximate surface area is 259 Å². The molecule has 3 aromatic rings. The summed E-state index contributed by atoms with van der Waals surface area (Å²) in [6.07, 6.45) is 5.34. The molecule has 4 rings (SSSR count). The summed E-state index contributed by atoms with van der Waals surface area (Å²) in [4.78, 5) is 29.6. The van der Waals surface area contributed by atoms with Crippen molar-refractivity contribution in [2.24, 2.45) is 0 Å². The summed E-state index contributed by atoms with van der Waals surface area (Å²) in [7, 11) is -3.81. The summed E-state index contributed by atoms with van der Waals surface area (Å²) in [5, 5.41) is 3.18. The Morgan fingerprint density at radius 2 is 1.61 bits per heavy atom. The lowest BCUT2D eigenvalue weighted by atomic mass is 10.0. The maximum atomic E-state index is 14.2. The van der Waals surface area contributed by atoms with E-state index < -0.39 is 28.5 Å². The first-order valence-electron chi connectivity index (χ1n) is 13.6. The minimum absolute atomic E-state index is 0.0728. The summed E-state index contributed by atoms with van der Waals surface area (Å²) >= 11 is 6.91. The van der Waals surface area contributed by atoms with Gasteiger partial charge in [0, 0.05) is 28.0 Å². The largest absolute Gasteiger partial charge is 0.352 e. The zero-order valence-electron chi connectivity index (χ0n) is 23.2. The van der Waals surface area contributed by atoms with Crippen molar-refractivity contribution in [3.8, 4) is 0 Å². The minimum Gasteiger partial charge on any atom is -0.352 e. The van der Waals surface area contributed by atoms with Gasteiger partial charge in [-0.25, -0.2) is 8.42 Å². The lowest BCUT2D eigenvalue weighted by molar-refractivity contribution is -0.140. The number of rotatable bonds is 11. The molecule has 0 bridgehead atoms. The van der Waals surface area contributed by atoms with Crippen LogP contribution >= 0.6 is 31.9 Å². The molecule has 0 saturated heterocycles. The topological polar surface area (TPSA) is 86.8 Å². The molecule has 1 aliphatic rings. The van der Waals surface area contributed by atoms with Gasteiger partial charge < -0.3 is 10.2 Å². The molecule has 2 amide bonds. The van der Waals surface area contributed by atoms with Crippen molar-refractivity contribution in [3.05, 3.63) is 98.4 Å². The first-order valence-corrected chi connectivity index (χ1v) is 17.1. The Morgan fingerprint density at radius 3 is 2.22 bits per heavy atom. The molecular weight excluding hydrogens is 670 g/mol. The molecule has 0 spiro atoms. The first kappa shape index (κ1) is 31.3. The zero-order valence-corrected chi connectivity index (χ0v) is 27.2. The second kappa shape index (κ2) is 14.0. The molecule has 7 nitrogen and oxygen atoms in total. The van der Waals surface area contributed by atoms with Gasteiger partial charge in [-0.3, -0.25) is 13.9 Å². The second-order valence-corrected chi connectivity index (χ2v) is 14.2. The number of nitrogens with zero attached hydrogens (tertiary/aromatic N) is 2. The SMILES string of the molecule is Cc1cc(N(CC(=O)N(Cc2ccc(Br)cc2)C(Cc2ccccc2)C(=O)NC2CCCC2)S(C)(=O)=O)ccc1Br. The van der Waals surface area contributed by atoms with Crippen molar-refractivity contribution in [2.75, 3.05) is 17.1 Å². The monoisotopic (exact) mass is 703 g/mol. The maximum absolute atomic E-state index is 14.2. The average Bonchev–Trinajstić information content (AvgIpc) is 3.45. The van der Waals surface area contributed by atoms with Crippen LogP contribution < -0.4 is 9.62 Å². The lowest BCUT2D eigenvalue weighted by Gasteiger charge is -2.34. The van der Waals surface area contributed by atoms with Crippen molar-refractivity contribution in [3.63, 3.8) is 0 Å². The van der Waals surface area contributed by atoms with Crippen LogP contribution in [-0.4, -0.2) is 50.0 Å². The fourth-order valence-electron chi connectivity index (χ4n) is 5.11. The van der Waals surface area contributed by atoms with Gasteiger partial charge in [-0.1, -0.05) is 87.2 Å². The van der Waals surface area contributed by atoms with Gasteiger partial charge in [0.2, 0.25) is 21.8 Å². The van der Waals surface area contributed by atoms with Crippen LogP contribution in [0.1, 0.15) is 42.4 Å². The summed E-state index contributed by atoms with van der Waals surface area (Å²) in [5.74, 6) is -0.682. The van der Waals surface area contributed by atoms with E-state index in [-0.39, 0.29) is 18.5 Å². The highest BCUT2D eigenvalue weighted by Crippen LogP contribution is 2.26. The van der Waals surface area contributed by atoms with E-state index in [0.29, 0.717) is 12.1 Å². The fourth-order valence-corrected chi connectivity index (χ4v) is 6.46. The van der Waals surface area contributed by atoms with Crippen LogP contribution in [-0.2, 0) is 32.6 Å². The molecule has 41 heavy (non-hydrogen) atoms. The molecule has 10 heteroatoms. The Hall–Kier alpha value is -2.69. The summed E-state index contributed by atoms with van der Waals surface area (Å²) in [5.41, 5.74) is 2.98. The van der Waals surface area contributed by atoms with Crippen molar-refractivity contribution in [2.45, 2.75) is 57.7 Å². The average molecular weight is 706 g/mol. The van der Waals surface area contributed by atoms with E-state index in [0.717, 1.165) is 61.9 Å².